The number of ether oxygens (including phenoxy) is 1. The molecule has 3 nitrogen and oxygen atoms in total. The predicted molar refractivity (Wildman–Crippen MR) is 59.0 cm³/mol. The Labute approximate surface area is 107 Å². The number of nitrogens with zero attached hydrogens (tertiary/aromatic N) is 1. The maximum absolute atomic E-state index is 13.2. The molecule has 0 atom stereocenters. The van der Waals surface area contributed by atoms with Gasteiger partial charge in [0.25, 0.3) is 6.43 Å². The van der Waals surface area contributed by atoms with Gasteiger partial charge in [-0.3, -0.25) is 4.79 Å². The topological polar surface area (TPSA) is 39.2 Å². The Bertz CT molecular complexity index is 441. The molecule has 1 heterocycles. The third-order valence-corrected chi connectivity index (χ3v) is 2.43. The molecule has 0 bridgehead atoms. The van der Waals surface area contributed by atoms with Gasteiger partial charge in [0.1, 0.15) is 5.69 Å². The lowest BCUT2D eigenvalue weighted by molar-refractivity contribution is -0.142. The Balaban J connectivity index is 3.08. The van der Waals surface area contributed by atoms with Crippen molar-refractivity contribution in [1.82, 2.24) is 4.98 Å². The zero-order chi connectivity index (χ0) is 13.7. The molecule has 0 spiro atoms. The van der Waals surface area contributed by atoms with E-state index in [0.29, 0.717) is 0 Å². The van der Waals surface area contributed by atoms with Gasteiger partial charge in [-0.1, -0.05) is 0 Å². The van der Waals surface area contributed by atoms with Crippen LogP contribution < -0.4 is 0 Å². The molecule has 100 valence electrons. The average molecular weight is 282 g/mol. The number of hydrogen-bond acceptors (Lipinski definition) is 3. The summed E-state index contributed by atoms with van der Waals surface area (Å²) in [6, 6.07) is 0.871. The van der Waals surface area contributed by atoms with E-state index in [4.69, 9.17) is 11.6 Å². The van der Waals surface area contributed by atoms with E-state index < -0.39 is 23.9 Å². The molecule has 0 aliphatic rings. The minimum absolute atomic E-state index is 0.0140. The van der Waals surface area contributed by atoms with Crippen LogP contribution in [0.25, 0.3) is 0 Å². The van der Waals surface area contributed by atoms with E-state index in [1.165, 1.54) is 0 Å². The Morgan fingerprint density at radius 2 is 2.22 bits per heavy atom. The van der Waals surface area contributed by atoms with E-state index >= 15 is 0 Å². The monoisotopic (exact) mass is 281 g/mol. The van der Waals surface area contributed by atoms with Gasteiger partial charge in [0.2, 0.25) is 0 Å². The van der Waals surface area contributed by atoms with E-state index in [2.05, 4.69) is 9.72 Å². The van der Waals surface area contributed by atoms with Crippen molar-refractivity contribution in [2.24, 2.45) is 0 Å². The molecule has 18 heavy (non-hydrogen) atoms. The first-order valence-corrected chi connectivity index (χ1v) is 5.71. The van der Waals surface area contributed by atoms with Gasteiger partial charge >= 0.3 is 5.97 Å². The number of pyridine rings is 1. The van der Waals surface area contributed by atoms with Crippen molar-refractivity contribution >= 4 is 17.6 Å². The molecule has 0 aliphatic heterocycles. The van der Waals surface area contributed by atoms with E-state index in [1.54, 1.807) is 6.92 Å². The number of hydrogen-bond donors (Lipinski definition) is 0. The van der Waals surface area contributed by atoms with Gasteiger partial charge in [0.05, 0.1) is 18.7 Å². The fraction of sp³-hybridized carbons (Fsp3) is 0.455. The van der Waals surface area contributed by atoms with E-state index in [0.717, 1.165) is 6.07 Å². The lowest BCUT2D eigenvalue weighted by atomic mass is 10.1. The summed E-state index contributed by atoms with van der Waals surface area (Å²) in [7, 11) is 0. The van der Waals surface area contributed by atoms with Crippen LogP contribution in [0.4, 0.5) is 13.2 Å². The van der Waals surface area contributed by atoms with Gasteiger partial charge in [0.15, 0.2) is 5.82 Å². The van der Waals surface area contributed by atoms with Crippen LogP contribution in [0.5, 0.6) is 0 Å². The van der Waals surface area contributed by atoms with Gasteiger partial charge < -0.3 is 4.74 Å². The molecule has 0 saturated heterocycles. The second-order valence-corrected chi connectivity index (χ2v) is 3.64. The Hall–Kier alpha value is -1.30. The molecule has 7 heteroatoms. The van der Waals surface area contributed by atoms with Crippen molar-refractivity contribution in [3.63, 3.8) is 0 Å². The van der Waals surface area contributed by atoms with Crippen LogP contribution in [0.2, 0.25) is 0 Å². The Kier molecular flexibility index (Phi) is 5.40. The molecular formula is C11H11ClF3NO2. The van der Waals surface area contributed by atoms with Crippen molar-refractivity contribution in [2.45, 2.75) is 25.7 Å². The number of rotatable bonds is 5. The molecule has 0 radical (unpaired) electrons. The fourth-order valence-electron chi connectivity index (χ4n) is 1.35. The number of carbonyl (C=O) groups excluding carboxylic acids is 1. The fourth-order valence-corrected chi connectivity index (χ4v) is 1.58. The van der Waals surface area contributed by atoms with Crippen LogP contribution in [-0.4, -0.2) is 17.6 Å². The molecule has 1 rings (SSSR count). The zero-order valence-corrected chi connectivity index (χ0v) is 10.3. The first kappa shape index (κ1) is 14.8. The molecule has 0 unspecified atom stereocenters. The summed E-state index contributed by atoms with van der Waals surface area (Å²) in [5.74, 6) is -1.88. The molecular weight excluding hydrogens is 271 g/mol. The number of carbonyl (C=O) groups is 1. The van der Waals surface area contributed by atoms with Crippen LogP contribution in [0.15, 0.2) is 6.07 Å². The summed E-state index contributed by atoms with van der Waals surface area (Å²) in [4.78, 5) is 14.7. The second-order valence-electron chi connectivity index (χ2n) is 3.38. The standard InChI is InChI=1S/C11H11ClF3NO2/c1-2-18-9(17)4-8-6(5-12)3-7(13)10(16-8)11(14)15/h3,11H,2,4-5H2,1H3. The van der Waals surface area contributed by atoms with E-state index in [1.807, 2.05) is 0 Å². The van der Waals surface area contributed by atoms with Crippen molar-refractivity contribution < 1.29 is 22.7 Å². The van der Waals surface area contributed by atoms with E-state index in [9.17, 15) is 18.0 Å². The van der Waals surface area contributed by atoms with Crippen LogP contribution in [0.3, 0.4) is 0 Å². The third kappa shape index (κ3) is 3.60. The van der Waals surface area contributed by atoms with E-state index in [-0.39, 0.29) is 30.2 Å². The number of aromatic nitrogens is 1. The second kappa shape index (κ2) is 6.58. The van der Waals surface area contributed by atoms with Crippen LogP contribution in [-0.2, 0) is 21.8 Å². The van der Waals surface area contributed by atoms with Gasteiger partial charge in [-0.2, -0.15) is 0 Å². The van der Waals surface area contributed by atoms with Crippen molar-refractivity contribution in [3.05, 3.63) is 28.8 Å². The van der Waals surface area contributed by atoms with Crippen LogP contribution in [0, 0.1) is 5.82 Å². The van der Waals surface area contributed by atoms with Crippen molar-refractivity contribution in [2.75, 3.05) is 6.61 Å². The minimum Gasteiger partial charge on any atom is -0.466 e. The third-order valence-electron chi connectivity index (χ3n) is 2.14. The SMILES string of the molecule is CCOC(=O)Cc1nc(C(F)F)c(F)cc1CCl. The van der Waals surface area contributed by atoms with Gasteiger partial charge in [0, 0.05) is 5.88 Å². The number of alkyl halides is 3. The molecule has 1 aromatic heterocycles. The molecule has 1 aromatic rings. The van der Waals surface area contributed by atoms with Crippen molar-refractivity contribution in [1.29, 1.82) is 0 Å². The van der Waals surface area contributed by atoms with Crippen LogP contribution >= 0.6 is 11.6 Å². The highest BCUT2D eigenvalue weighted by Gasteiger charge is 2.20. The smallest absolute Gasteiger partial charge is 0.311 e. The van der Waals surface area contributed by atoms with Gasteiger partial charge in [-0.25, -0.2) is 18.2 Å². The summed E-state index contributed by atoms with van der Waals surface area (Å²) in [5.41, 5.74) is -0.769. The highest BCUT2D eigenvalue weighted by atomic mass is 35.5. The Morgan fingerprint density at radius 1 is 1.56 bits per heavy atom. The molecule has 0 aromatic carbocycles. The van der Waals surface area contributed by atoms with Crippen LogP contribution in [0.1, 0.15) is 30.3 Å². The quantitative estimate of drug-likeness (QED) is 0.615. The summed E-state index contributed by atoms with van der Waals surface area (Å²) in [5, 5.41) is 0. The maximum Gasteiger partial charge on any atom is 0.311 e. The first-order valence-electron chi connectivity index (χ1n) is 5.17. The number of halogens is 4. The maximum atomic E-state index is 13.2. The molecule has 0 fully saturated rings. The highest BCUT2D eigenvalue weighted by Crippen LogP contribution is 2.23. The van der Waals surface area contributed by atoms with Gasteiger partial charge in [-0.05, 0) is 18.6 Å². The lowest BCUT2D eigenvalue weighted by Gasteiger charge is -2.09. The summed E-state index contributed by atoms with van der Waals surface area (Å²) < 4.78 is 42.9. The minimum atomic E-state index is -3.05. The molecule has 0 saturated carbocycles. The molecule has 0 aliphatic carbocycles. The summed E-state index contributed by atoms with van der Waals surface area (Å²) in [6.07, 6.45) is -3.36. The number of esters is 1. The summed E-state index contributed by atoms with van der Waals surface area (Å²) >= 11 is 5.55. The van der Waals surface area contributed by atoms with Gasteiger partial charge in [-0.15, -0.1) is 11.6 Å². The average Bonchev–Trinajstić information content (AvgIpc) is 2.30. The molecule has 0 N–H and O–H groups in total. The lowest BCUT2D eigenvalue weighted by Crippen LogP contribution is -2.12. The molecule has 0 amide bonds. The largest absolute Gasteiger partial charge is 0.466 e. The van der Waals surface area contributed by atoms with Crippen molar-refractivity contribution in [3.8, 4) is 0 Å². The predicted octanol–water partition coefficient (Wildman–Crippen LogP) is 3.00. The highest BCUT2D eigenvalue weighted by molar-refractivity contribution is 6.17. The zero-order valence-electron chi connectivity index (χ0n) is 9.55. The first-order chi connectivity index (χ1) is 8.49. The normalized spacial score (nSPS) is 10.8. The summed E-state index contributed by atoms with van der Waals surface area (Å²) in [6.45, 7) is 1.78. The Morgan fingerprint density at radius 3 is 2.72 bits per heavy atom.